The molecule has 3 unspecified atom stereocenters. The quantitative estimate of drug-likeness (QED) is 0.0222. The van der Waals surface area contributed by atoms with Gasteiger partial charge in [-0.15, -0.1) is 0 Å². The molecule has 0 aromatic heterocycles. The maximum atomic E-state index is 13.1. The Morgan fingerprint density at radius 1 is 0.282 bits per heavy atom. The van der Waals surface area contributed by atoms with Gasteiger partial charge in [-0.25, -0.2) is 9.13 Å². The minimum Gasteiger partial charge on any atom is -0.462 e. The van der Waals surface area contributed by atoms with E-state index in [1.165, 1.54) is 250 Å². The summed E-state index contributed by atoms with van der Waals surface area (Å²) in [6, 6.07) is 0. The van der Waals surface area contributed by atoms with E-state index >= 15 is 0 Å². The number of carbonyl (C=O) groups excluding carboxylic acids is 4. The zero-order valence-electron chi connectivity index (χ0n) is 67.8. The Labute approximate surface area is 632 Å². The van der Waals surface area contributed by atoms with Gasteiger partial charge in [-0.05, 0) is 43.4 Å². The molecule has 19 heteroatoms. The number of ether oxygens (including phenoxy) is 4. The fourth-order valence-electron chi connectivity index (χ4n) is 13.0. The second kappa shape index (κ2) is 74.2. The molecule has 0 heterocycles. The molecule has 103 heavy (non-hydrogen) atoms. The van der Waals surface area contributed by atoms with Crippen LogP contribution in [0.1, 0.15) is 440 Å². The average Bonchev–Trinajstić information content (AvgIpc) is 1.01. The Bertz CT molecular complexity index is 1990. The SMILES string of the molecule is CCCCCCCCCCCCCCCCCCCCCCCC(=O)O[C@H](COC(=O)CCCCCCCCCCCCCCC(C)C)COP(=O)(O)OC[C@@H](O)COP(=O)(O)OC[C@@H](COC(=O)CCCCCCCCCCCCC(C)C)OC(=O)CCCCCCCCCCCCC(C)CC. The Balaban J connectivity index is 5.25. The molecule has 0 aliphatic carbocycles. The van der Waals surface area contributed by atoms with E-state index < -0.39 is 97.5 Å². The summed E-state index contributed by atoms with van der Waals surface area (Å²) >= 11 is 0. The smallest absolute Gasteiger partial charge is 0.462 e. The molecule has 0 amide bonds. The van der Waals surface area contributed by atoms with E-state index in [9.17, 15) is 43.2 Å². The molecular weight excluding hydrogens is 1340 g/mol. The maximum Gasteiger partial charge on any atom is 0.472 e. The van der Waals surface area contributed by atoms with Crippen molar-refractivity contribution in [3.05, 3.63) is 0 Å². The van der Waals surface area contributed by atoms with Gasteiger partial charge in [0.2, 0.25) is 0 Å². The lowest BCUT2D eigenvalue weighted by Gasteiger charge is -2.21. The van der Waals surface area contributed by atoms with Crippen molar-refractivity contribution in [2.24, 2.45) is 17.8 Å². The van der Waals surface area contributed by atoms with E-state index in [0.29, 0.717) is 25.7 Å². The third-order valence-corrected chi connectivity index (χ3v) is 21.9. The van der Waals surface area contributed by atoms with Crippen LogP contribution in [-0.2, 0) is 65.4 Å². The zero-order valence-corrected chi connectivity index (χ0v) is 69.6. The van der Waals surface area contributed by atoms with Gasteiger partial charge < -0.3 is 33.8 Å². The van der Waals surface area contributed by atoms with Crippen molar-refractivity contribution in [3.8, 4) is 0 Å². The highest BCUT2D eigenvalue weighted by Gasteiger charge is 2.30. The van der Waals surface area contributed by atoms with Crippen molar-refractivity contribution in [2.45, 2.75) is 458 Å². The summed E-state index contributed by atoms with van der Waals surface area (Å²) in [5.41, 5.74) is 0. The number of esters is 4. The molecule has 6 atom stereocenters. The predicted molar refractivity (Wildman–Crippen MR) is 423 cm³/mol. The molecule has 0 aliphatic rings. The highest BCUT2D eigenvalue weighted by molar-refractivity contribution is 7.47. The molecule has 0 radical (unpaired) electrons. The van der Waals surface area contributed by atoms with Crippen LogP contribution in [0.3, 0.4) is 0 Å². The summed E-state index contributed by atoms with van der Waals surface area (Å²) in [5, 5.41) is 10.7. The molecule has 3 N–H and O–H groups in total. The first-order valence-electron chi connectivity index (χ1n) is 43.4. The molecule has 17 nitrogen and oxygen atoms in total. The molecular formula is C84H164O17P2. The zero-order chi connectivity index (χ0) is 75.8. The summed E-state index contributed by atoms with van der Waals surface area (Å²) in [6.45, 7) is 12.0. The number of rotatable bonds is 82. The monoisotopic (exact) mass is 1510 g/mol. The lowest BCUT2D eigenvalue weighted by molar-refractivity contribution is -0.161. The van der Waals surface area contributed by atoms with Gasteiger partial charge in [0.1, 0.15) is 19.3 Å². The normalized spacial score (nSPS) is 14.2. The lowest BCUT2D eigenvalue weighted by atomic mass is 9.99. The fraction of sp³-hybridized carbons (Fsp3) is 0.952. The molecule has 612 valence electrons. The molecule has 0 bridgehead atoms. The van der Waals surface area contributed by atoms with Crippen molar-refractivity contribution in [1.29, 1.82) is 0 Å². The van der Waals surface area contributed by atoms with E-state index in [-0.39, 0.29) is 25.7 Å². The van der Waals surface area contributed by atoms with Crippen molar-refractivity contribution in [1.82, 2.24) is 0 Å². The van der Waals surface area contributed by atoms with Gasteiger partial charge in [-0.2, -0.15) is 0 Å². The molecule has 0 saturated carbocycles. The summed E-state index contributed by atoms with van der Waals surface area (Å²) in [7, 11) is -9.93. The van der Waals surface area contributed by atoms with Crippen LogP contribution < -0.4 is 0 Å². The third kappa shape index (κ3) is 76.6. The van der Waals surface area contributed by atoms with E-state index in [1.807, 2.05) is 0 Å². The molecule has 0 aliphatic heterocycles. The first kappa shape index (κ1) is 101. The topological polar surface area (TPSA) is 237 Å². The summed E-state index contributed by atoms with van der Waals surface area (Å²) < 4.78 is 68.9. The van der Waals surface area contributed by atoms with Crippen LogP contribution in [0.2, 0.25) is 0 Å². The van der Waals surface area contributed by atoms with Crippen molar-refractivity contribution < 1.29 is 80.2 Å². The number of carbonyl (C=O) groups is 4. The number of aliphatic hydroxyl groups is 1. The van der Waals surface area contributed by atoms with Crippen LogP contribution in [0, 0.1) is 17.8 Å². The summed E-state index contributed by atoms with van der Waals surface area (Å²) in [4.78, 5) is 73.2. The number of hydrogen-bond donors (Lipinski definition) is 3. The van der Waals surface area contributed by atoms with E-state index in [4.69, 9.17) is 37.0 Å². The molecule has 0 fully saturated rings. The first-order chi connectivity index (χ1) is 49.8. The fourth-order valence-corrected chi connectivity index (χ4v) is 14.6. The van der Waals surface area contributed by atoms with Crippen LogP contribution >= 0.6 is 15.6 Å². The van der Waals surface area contributed by atoms with Crippen molar-refractivity contribution in [2.75, 3.05) is 39.6 Å². The lowest BCUT2D eigenvalue weighted by Crippen LogP contribution is -2.30. The highest BCUT2D eigenvalue weighted by Crippen LogP contribution is 2.45. The Morgan fingerprint density at radius 2 is 0.495 bits per heavy atom. The molecule has 0 saturated heterocycles. The van der Waals surface area contributed by atoms with Gasteiger partial charge in [-0.3, -0.25) is 37.3 Å². The van der Waals surface area contributed by atoms with Gasteiger partial charge in [0.05, 0.1) is 26.4 Å². The van der Waals surface area contributed by atoms with Gasteiger partial charge in [-0.1, -0.05) is 389 Å². The van der Waals surface area contributed by atoms with Crippen LogP contribution in [0.25, 0.3) is 0 Å². The number of aliphatic hydroxyl groups excluding tert-OH is 1. The second-order valence-corrected chi connectivity index (χ2v) is 34.3. The average molecular weight is 1510 g/mol. The van der Waals surface area contributed by atoms with Crippen LogP contribution in [0.15, 0.2) is 0 Å². The maximum absolute atomic E-state index is 13.1. The van der Waals surface area contributed by atoms with Gasteiger partial charge >= 0.3 is 39.5 Å². The highest BCUT2D eigenvalue weighted by atomic mass is 31.2. The first-order valence-corrected chi connectivity index (χ1v) is 46.4. The molecule has 0 aromatic rings. The van der Waals surface area contributed by atoms with Gasteiger partial charge in [0.15, 0.2) is 12.2 Å². The Morgan fingerprint density at radius 3 is 0.738 bits per heavy atom. The van der Waals surface area contributed by atoms with Crippen LogP contribution in [0.5, 0.6) is 0 Å². The Hall–Kier alpha value is -1.94. The van der Waals surface area contributed by atoms with Crippen LogP contribution in [0.4, 0.5) is 0 Å². The summed E-state index contributed by atoms with van der Waals surface area (Å²) in [5.74, 6) is 0.236. The van der Waals surface area contributed by atoms with E-state index in [1.54, 1.807) is 0 Å². The Kier molecular flexibility index (Phi) is 72.8. The molecule has 0 spiro atoms. The number of hydrogen-bond acceptors (Lipinski definition) is 15. The number of unbranched alkanes of at least 4 members (excludes halogenated alkanes) is 49. The number of phosphoric acid groups is 2. The van der Waals surface area contributed by atoms with E-state index in [2.05, 4.69) is 48.5 Å². The minimum absolute atomic E-state index is 0.106. The van der Waals surface area contributed by atoms with Crippen molar-refractivity contribution in [3.63, 3.8) is 0 Å². The van der Waals surface area contributed by atoms with Crippen molar-refractivity contribution >= 4 is 39.5 Å². The molecule has 0 aromatic carbocycles. The van der Waals surface area contributed by atoms with E-state index in [0.717, 1.165) is 108 Å². The standard InChI is InChI=1S/C84H164O17P2/c1-8-10-11-12-13-14-15-16-17-18-19-20-21-22-23-24-29-39-46-53-60-67-83(88)100-79(71-94-81(86)65-58-51-44-37-28-26-25-27-34-41-48-55-62-75(3)4)73-98-102(90,91)96-69-78(85)70-97-103(92,93)99-74-80(72-95-82(87)66-59-52-45-38-32-30-35-42-49-56-63-76(5)6)101-84(89)68-61-54-47-40-33-31-36-43-50-57-64-77(7)9-2/h75-80,85H,8-74H2,1-7H3,(H,90,91)(H,92,93)/t77?,78-,79-,80-/m1/s1. The summed E-state index contributed by atoms with van der Waals surface area (Å²) in [6.07, 6.45) is 63.8. The predicted octanol–water partition coefficient (Wildman–Crippen LogP) is 25.3. The third-order valence-electron chi connectivity index (χ3n) is 20.0. The second-order valence-electron chi connectivity index (χ2n) is 31.4. The van der Waals surface area contributed by atoms with Gasteiger partial charge in [0.25, 0.3) is 0 Å². The minimum atomic E-state index is -4.96. The van der Waals surface area contributed by atoms with Gasteiger partial charge in [0, 0.05) is 25.7 Å². The largest absolute Gasteiger partial charge is 0.472 e. The number of phosphoric ester groups is 2. The molecule has 0 rings (SSSR count). The van der Waals surface area contributed by atoms with Crippen LogP contribution in [-0.4, -0.2) is 96.7 Å².